The van der Waals surface area contributed by atoms with Crippen LogP contribution in [-0.2, 0) is 4.79 Å². The van der Waals surface area contributed by atoms with Crippen molar-refractivity contribution in [2.45, 2.75) is 52.0 Å². The fraction of sp³-hybridized carbons (Fsp3) is 0.923. The van der Waals surface area contributed by atoms with Crippen LogP contribution < -0.4 is 11.5 Å². The van der Waals surface area contributed by atoms with Gasteiger partial charge in [0, 0.05) is 6.54 Å². The Hall–Kier alpha value is -0.610. The number of unbranched alkanes of at least 4 members (excludes halogenated alkanes) is 1. The molecule has 1 saturated heterocycles. The van der Waals surface area contributed by atoms with Crippen LogP contribution in [0.25, 0.3) is 0 Å². The summed E-state index contributed by atoms with van der Waals surface area (Å²) in [7, 11) is 0. The monoisotopic (exact) mass is 241 g/mol. The van der Waals surface area contributed by atoms with E-state index in [0.717, 1.165) is 19.4 Å². The first-order chi connectivity index (χ1) is 7.73. The molecule has 100 valence electrons. The lowest BCUT2D eigenvalue weighted by Gasteiger charge is -2.22. The van der Waals surface area contributed by atoms with Crippen molar-refractivity contribution in [1.82, 2.24) is 4.90 Å². The molecule has 4 heteroatoms. The quantitative estimate of drug-likeness (QED) is 0.684. The Labute approximate surface area is 105 Å². The van der Waals surface area contributed by atoms with Gasteiger partial charge in [-0.25, -0.2) is 0 Å². The van der Waals surface area contributed by atoms with Gasteiger partial charge in [-0.05, 0) is 51.1 Å². The summed E-state index contributed by atoms with van der Waals surface area (Å²) in [6.45, 7) is 9.84. The molecule has 1 amide bonds. The Bertz CT molecular complexity index is 274. The molecule has 1 atom stereocenters. The number of nitrogens with two attached hydrogens (primary N) is 2. The van der Waals surface area contributed by atoms with Crippen LogP contribution >= 0.6 is 0 Å². The van der Waals surface area contributed by atoms with Crippen LogP contribution in [0.1, 0.15) is 46.5 Å². The summed E-state index contributed by atoms with van der Waals surface area (Å²) in [6, 6.07) is 0. The minimum absolute atomic E-state index is 0.403. The van der Waals surface area contributed by atoms with Crippen molar-refractivity contribution < 1.29 is 4.79 Å². The van der Waals surface area contributed by atoms with Crippen LogP contribution in [0, 0.1) is 5.41 Å². The number of amides is 1. The van der Waals surface area contributed by atoms with Crippen LogP contribution in [0.3, 0.4) is 0 Å². The molecular formula is C13H27N3O. The topological polar surface area (TPSA) is 72.3 Å². The summed E-state index contributed by atoms with van der Waals surface area (Å²) < 4.78 is 0. The minimum atomic E-state index is -0.843. The number of hydrogen-bond donors (Lipinski definition) is 2. The highest BCUT2D eigenvalue weighted by Crippen LogP contribution is 2.28. The Kier molecular flexibility index (Phi) is 4.55. The fourth-order valence-electron chi connectivity index (χ4n) is 2.37. The van der Waals surface area contributed by atoms with Crippen LogP contribution in [0.15, 0.2) is 0 Å². The molecule has 0 aromatic rings. The number of carbonyl (C=O) groups excluding carboxylic acids is 1. The second-order valence-electron chi connectivity index (χ2n) is 6.43. The summed E-state index contributed by atoms with van der Waals surface area (Å²) in [4.78, 5) is 13.5. The summed E-state index contributed by atoms with van der Waals surface area (Å²) >= 11 is 0. The molecule has 0 saturated carbocycles. The van der Waals surface area contributed by atoms with Gasteiger partial charge in [0.25, 0.3) is 0 Å². The normalized spacial score (nSPS) is 23.5. The molecule has 17 heavy (non-hydrogen) atoms. The molecule has 1 aliphatic rings. The Morgan fingerprint density at radius 1 is 1.41 bits per heavy atom. The first-order valence-electron chi connectivity index (χ1n) is 6.54. The van der Waals surface area contributed by atoms with Gasteiger partial charge >= 0.3 is 0 Å². The van der Waals surface area contributed by atoms with Gasteiger partial charge in [0.05, 0.1) is 5.54 Å². The summed E-state index contributed by atoms with van der Waals surface area (Å²) in [6.07, 6.45) is 4.02. The second-order valence-corrected chi connectivity index (χ2v) is 6.43. The highest BCUT2D eigenvalue weighted by molar-refractivity contribution is 5.83. The van der Waals surface area contributed by atoms with Crippen LogP contribution in [0.4, 0.5) is 0 Å². The molecule has 0 aromatic carbocycles. The molecule has 0 aliphatic carbocycles. The number of nitrogens with zero attached hydrogens (tertiary/aromatic N) is 1. The summed E-state index contributed by atoms with van der Waals surface area (Å²) in [5.74, 6) is -0.403. The number of carbonyl (C=O) groups is 1. The van der Waals surface area contributed by atoms with E-state index in [-0.39, 0.29) is 0 Å². The van der Waals surface area contributed by atoms with Crippen LogP contribution in [0.2, 0.25) is 0 Å². The average molecular weight is 241 g/mol. The van der Waals surface area contributed by atoms with E-state index in [4.69, 9.17) is 11.5 Å². The Morgan fingerprint density at radius 3 is 2.53 bits per heavy atom. The Morgan fingerprint density at radius 2 is 2.06 bits per heavy atom. The molecule has 4 nitrogen and oxygen atoms in total. The first-order valence-corrected chi connectivity index (χ1v) is 6.54. The molecule has 0 spiro atoms. The van der Waals surface area contributed by atoms with Crippen molar-refractivity contribution in [2.75, 3.05) is 19.6 Å². The molecule has 1 unspecified atom stereocenters. The van der Waals surface area contributed by atoms with E-state index >= 15 is 0 Å². The third-order valence-corrected chi connectivity index (χ3v) is 3.74. The summed E-state index contributed by atoms with van der Waals surface area (Å²) in [5, 5.41) is 0. The number of rotatable bonds is 6. The zero-order valence-corrected chi connectivity index (χ0v) is 11.5. The lowest BCUT2D eigenvalue weighted by molar-refractivity contribution is -0.122. The van der Waals surface area contributed by atoms with Crippen LogP contribution in [-0.4, -0.2) is 36.0 Å². The first kappa shape index (κ1) is 14.5. The molecule has 1 fully saturated rings. The van der Waals surface area contributed by atoms with E-state index in [0.29, 0.717) is 11.8 Å². The maximum atomic E-state index is 11.0. The van der Waals surface area contributed by atoms with E-state index in [9.17, 15) is 4.79 Å². The molecule has 1 rings (SSSR count). The van der Waals surface area contributed by atoms with E-state index in [1.807, 2.05) is 0 Å². The van der Waals surface area contributed by atoms with Gasteiger partial charge in [-0.15, -0.1) is 0 Å². The highest BCUT2D eigenvalue weighted by Gasteiger charge is 2.29. The fourth-order valence-corrected chi connectivity index (χ4v) is 2.37. The predicted octanol–water partition coefficient (Wildman–Crippen LogP) is 1.09. The van der Waals surface area contributed by atoms with Crippen molar-refractivity contribution >= 4 is 5.91 Å². The Balaban J connectivity index is 2.15. The van der Waals surface area contributed by atoms with Crippen LogP contribution in [0.5, 0.6) is 0 Å². The van der Waals surface area contributed by atoms with Gasteiger partial charge in [-0.1, -0.05) is 13.8 Å². The average Bonchev–Trinajstić information content (AvgIpc) is 2.53. The smallest absolute Gasteiger partial charge is 0.237 e. The van der Waals surface area contributed by atoms with Crippen molar-refractivity contribution in [3.63, 3.8) is 0 Å². The summed E-state index contributed by atoms with van der Waals surface area (Å²) in [5.41, 5.74) is 10.7. The lowest BCUT2D eigenvalue weighted by atomic mass is 9.93. The molecule has 1 heterocycles. The van der Waals surface area contributed by atoms with Crippen molar-refractivity contribution in [2.24, 2.45) is 16.9 Å². The lowest BCUT2D eigenvalue weighted by Crippen LogP contribution is -2.49. The van der Waals surface area contributed by atoms with E-state index in [1.165, 1.54) is 19.5 Å². The van der Waals surface area contributed by atoms with E-state index in [2.05, 4.69) is 18.7 Å². The largest absolute Gasteiger partial charge is 0.368 e. The minimum Gasteiger partial charge on any atom is -0.368 e. The van der Waals surface area contributed by atoms with Gasteiger partial charge in [0.2, 0.25) is 5.91 Å². The third-order valence-electron chi connectivity index (χ3n) is 3.74. The molecule has 0 aromatic heterocycles. The van der Waals surface area contributed by atoms with Gasteiger partial charge in [-0.3, -0.25) is 4.79 Å². The van der Waals surface area contributed by atoms with Crippen molar-refractivity contribution in [3.8, 4) is 0 Å². The predicted molar refractivity (Wildman–Crippen MR) is 70.5 cm³/mol. The molecule has 1 aliphatic heterocycles. The molecular weight excluding hydrogens is 214 g/mol. The maximum Gasteiger partial charge on any atom is 0.237 e. The van der Waals surface area contributed by atoms with Gasteiger partial charge in [0.1, 0.15) is 0 Å². The van der Waals surface area contributed by atoms with Gasteiger partial charge < -0.3 is 16.4 Å². The zero-order chi connectivity index (χ0) is 13.1. The van der Waals surface area contributed by atoms with Crippen molar-refractivity contribution in [3.05, 3.63) is 0 Å². The van der Waals surface area contributed by atoms with Gasteiger partial charge in [-0.2, -0.15) is 0 Å². The molecule has 0 radical (unpaired) electrons. The van der Waals surface area contributed by atoms with Gasteiger partial charge in [0.15, 0.2) is 0 Å². The number of likely N-dealkylation sites (tertiary alicyclic amines) is 1. The standard InChI is InChI=1S/C13H27N3O/c1-12(2)7-9-16(10-12)8-5-4-6-13(3,15)11(14)17/h4-10,15H2,1-3H3,(H2,14,17). The maximum absolute atomic E-state index is 11.0. The molecule has 0 bridgehead atoms. The third kappa shape index (κ3) is 4.64. The van der Waals surface area contributed by atoms with E-state index < -0.39 is 11.4 Å². The zero-order valence-electron chi connectivity index (χ0n) is 11.5. The van der Waals surface area contributed by atoms with E-state index in [1.54, 1.807) is 6.92 Å². The number of primary amides is 1. The van der Waals surface area contributed by atoms with Crippen molar-refractivity contribution in [1.29, 1.82) is 0 Å². The highest BCUT2D eigenvalue weighted by atomic mass is 16.1. The second kappa shape index (κ2) is 5.36. The number of hydrogen-bond acceptors (Lipinski definition) is 3. The SMILES string of the molecule is CC1(C)CCN(CCCCC(C)(N)C(N)=O)C1. The molecule has 4 N–H and O–H groups in total.